The maximum Gasteiger partial charge on any atom is 0.319 e. The maximum absolute atomic E-state index is 12.9. The summed E-state index contributed by atoms with van der Waals surface area (Å²) in [6.45, 7) is 4.12. The molecule has 7 rings (SSSR count). The molecule has 9 nitrogen and oxygen atoms in total. The lowest BCUT2D eigenvalue weighted by Crippen LogP contribution is -2.43. The Kier molecular flexibility index (Phi) is 12.8. The molecule has 1 saturated heterocycles. The van der Waals surface area contributed by atoms with Gasteiger partial charge in [-0.05, 0) is 83.4 Å². The summed E-state index contributed by atoms with van der Waals surface area (Å²) >= 11 is 0. The highest BCUT2D eigenvalue weighted by atomic mass is 16.7. The van der Waals surface area contributed by atoms with E-state index in [0.29, 0.717) is 18.0 Å². The van der Waals surface area contributed by atoms with Crippen LogP contribution in [0, 0.1) is 5.92 Å². The van der Waals surface area contributed by atoms with Crippen LogP contribution in [0.5, 0.6) is 11.5 Å². The molecule has 6 aromatic rings. The molecule has 1 aromatic heterocycles. The van der Waals surface area contributed by atoms with E-state index in [-0.39, 0.29) is 30.8 Å². The Bertz CT molecular complexity index is 2130. The lowest BCUT2D eigenvalue weighted by Gasteiger charge is -2.42. The molecule has 0 bridgehead atoms. The number of aliphatic hydroxyl groups excluding tert-OH is 1. The van der Waals surface area contributed by atoms with Gasteiger partial charge in [0.05, 0.1) is 18.8 Å². The van der Waals surface area contributed by atoms with Crippen LogP contribution in [0.2, 0.25) is 0 Å². The minimum atomic E-state index is -0.573. The van der Waals surface area contributed by atoms with Crippen LogP contribution >= 0.6 is 0 Å². The van der Waals surface area contributed by atoms with Crippen molar-refractivity contribution in [1.82, 2.24) is 15.2 Å². The second kappa shape index (κ2) is 18.7. The van der Waals surface area contributed by atoms with Crippen LogP contribution < -0.4 is 15.4 Å². The molecule has 0 radical (unpaired) electrons. The molecule has 1 fully saturated rings. The van der Waals surface area contributed by atoms with Crippen LogP contribution in [0.4, 0.5) is 10.5 Å². The molecule has 9 heteroatoms. The molecule has 2 heterocycles. The van der Waals surface area contributed by atoms with Gasteiger partial charge in [0.25, 0.3) is 0 Å². The maximum atomic E-state index is 12.9. The van der Waals surface area contributed by atoms with Crippen LogP contribution in [0.15, 0.2) is 152 Å². The Morgan fingerprint density at radius 1 is 0.786 bits per heavy atom. The Labute approximate surface area is 328 Å². The molecular weight excluding hydrogens is 701 g/mol. The average Bonchev–Trinajstić information content (AvgIpc) is 3.24. The number of aliphatic hydroxyl groups is 1. The first-order chi connectivity index (χ1) is 27.4. The monoisotopic (exact) mass is 748 g/mol. The fourth-order valence-corrected chi connectivity index (χ4v) is 6.94. The summed E-state index contributed by atoms with van der Waals surface area (Å²) in [6.07, 6.45) is 1.82. The van der Waals surface area contributed by atoms with Crippen LogP contribution in [-0.4, -0.2) is 47.3 Å². The van der Waals surface area contributed by atoms with Crippen LogP contribution in [-0.2, 0) is 29.0 Å². The first-order valence-corrected chi connectivity index (χ1v) is 19.1. The van der Waals surface area contributed by atoms with Gasteiger partial charge in [0.1, 0.15) is 11.5 Å². The van der Waals surface area contributed by atoms with E-state index in [1.807, 2.05) is 115 Å². The lowest BCUT2D eigenvalue weighted by molar-refractivity contribution is -0.275. The first-order valence-electron chi connectivity index (χ1n) is 19.1. The van der Waals surface area contributed by atoms with Gasteiger partial charge in [0.15, 0.2) is 6.29 Å². The summed E-state index contributed by atoms with van der Waals surface area (Å²) in [6, 6.07) is 46.9. The third-order valence-corrected chi connectivity index (χ3v) is 10.1. The van der Waals surface area contributed by atoms with Crippen molar-refractivity contribution >= 4 is 11.7 Å². The number of nitrogens with zero attached hydrogens (tertiary/aromatic N) is 2. The number of pyridine rings is 1. The molecule has 0 saturated carbocycles. The highest BCUT2D eigenvalue weighted by Gasteiger charge is 2.38. The molecule has 0 aliphatic carbocycles. The molecule has 5 aromatic carbocycles. The molecule has 3 N–H and O–H groups in total. The van der Waals surface area contributed by atoms with Crippen molar-refractivity contribution in [2.75, 3.05) is 25.5 Å². The van der Waals surface area contributed by atoms with Gasteiger partial charge in [-0.15, -0.1) is 0 Å². The minimum Gasteiger partial charge on any atom is -0.457 e. The Morgan fingerprint density at radius 2 is 1.48 bits per heavy atom. The fourth-order valence-electron chi connectivity index (χ4n) is 6.94. The van der Waals surface area contributed by atoms with E-state index in [1.54, 1.807) is 0 Å². The minimum absolute atomic E-state index is 0.00396. The normalized spacial score (nSPS) is 18.0. The number of ether oxygens (including phenoxy) is 3. The van der Waals surface area contributed by atoms with E-state index in [0.717, 1.165) is 64.3 Å². The highest BCUT2D eigenvalue weighted by molar-refractivity contribution is 5.89. The van der Waals surface area contributed by atoms with Crippen molar-refractivity contribution in [2.45, 2.75) is 45.0 Å². The van der Waals surface area contributed by atoms with Gasteiger partial charge in [-0.3, -0.25) is 4.98 Å². The van der Waals surface area contributed by atoms with Gasteiger partial charge in [0.2, 0.25) is 0 Å². The Morgan fingerprint density at radius 3 is 2.21 bits per heavy atom. The predicted molar refractivity (Wildman–Crippen MR) is 219 cm³/mol. The number of anilines is 1. The largest absolute Gasteiger partial charge is 0.457 e. The van der Waals surface area contributed by atoms with Gasteiger partial charge in [0, 0.05) is 55.1 Å². The number of carbonyl (C=O) groups excluding carboxylic acids is 1. The van der Waals surface area contributed by atoms with E-state index in [1.165, 1.54) is 0 Å². The number of amides is 2. The lowest BCUT2D eigenvalue weighted by atomic mass is 9.90. The zero-order valence-corrected chi connectivity index (χ0v) is 31.8. The molecule has 1 aliphatic rings. The van der Waals surface area contributed by atoms with Gasteiger partial charge in [-0.25, -0.2) is 4.79 Å². The number of hydrogen-bond donors (Lipinski definition) is 3. The number of likely N-dealkylation sites (N-methyl/N-ethyl adjacent to an activating group) is 1. The van der Waals surface area contributed by atoms with Crippen molar-refractivity contribution < 1.29 is 24.1 Å². The van der Waals surface area contributed by atoms with Crippen molar-refractivity contribution in [3.8, 4) is 22.6 Å². The van der Waals surface area contributed by atoms with E-state index in [9.17, 15) is 9.90 Å². The molecule has 286 valence electrons. The summed E-state index contributed by atoms with van der Waals surface area (Å²) < 4.78 is 19.3. The van der Waals surface area contributed by atoms with E-state index in [2.05, 4.69) is 70.9 Å². The van der Waals surface area contributed by atoms with E-state index in [4.69, 9.17) is 14.2 Å². The number of benzene rings is 5. The van der Waals surface area contributed by atoms with Crippen molar-refractivity contribution in [3.05, 3.63) is 180 Å². The number of para-hydroxylation sites is 1. The second-order valence-electron chi connectivity index (χ2n) is 14.2. The van der Waals surface area contributed by atoms with Crippen LogP contribution in [0.3, 0.4) is 0 Å². The summed E-state index contributed by atoms with van der Waals surface area (Å²) in [7, 11) is 2.12. The van der Waals surface area contributed by atoms with Crippen molar-refractivity contribution in [2.24, 2.45) is 5.92 Å². The quantitative estimate of drug-likeness (QED) is 0.102. The second-order valence-corrected chi connectivity index (χ2v) is 14.2. The van der Waals surface area contributed by atoms with Crippen molar-refractivity contribution in [3.63, 3.8) is 0 Å². The first kappa shape index (κ1) is 38.4. The Hall–Kier alpha value is -5.84. The molecule has 4 atom stereocenters. The van der Waals surface area contributed by atoms with Gasteiger partial charge in [-0.2, -0.15) is 0 Å². The number of nitrogens with one attached hydrogen (secondary N) is 2. The van der Waals surface area contributed by atoms with Gasteiger partial charge < -0.3 is 34.9 Å². The SMILES string of the molecule is C[C@@H]1[C@H](CN(C)CCc2ccccn2)O[C@H](c2ccc(-c3ccccc3CNC(=O)Nc3ccc(Oc4ccccc4)cc3)cc2)O[C@@H]1c1ccc(CO)cc1. The standard InChI is InChI=1S/C47H48N4O5/c1-33-44(31-51(2)29-27-39-11-8-9-28-48-39)55-46(56-45(33)36-17-15-34(32-52)16-18-36)37-21-19-35(20-22-37)43-14-7-6-10-38(43)30-49-47(53)50-40-23-25-42(26-24-40)54-41-12-4-3-5-13-41/h3-26,28,33,44-46,52H,27,29-32H2,1-2H3,(H2,49,50,53)/t33-,44+,45+,46+/m1/s1. The number of hydrogen-bond acceptors (Lipinski definition) is 7. The van der Waals surface area contributed by atoms with Crippen molar-refractivity contribution in [1.29, 1.82) is 0 Å². The van der Waals surface area contributed by atoms with Crippen LogP contribution in [0.1, 0.15) is 47.3 Å². The van der Waals surface area contributed by atoms with Crippen LogP contribution in [0.25, 0.3) is 11.1 Å². The molecule has 1 aliphatic heterocycles. The molecule has 0 spiro atoms. The molecule has 0 unspecified atom stereocenters. The number of aromatic nitrogens is 1. The summed E-state index contributed by atoms with van der Waals surface area (Å²) in [5.74, 6) is 1.51. The topological polar surface area (TPSA) is 105 Å². The molecular formula is C47H48N4O5. The third-order valence-electron chi connectivity index (χ3n) is 10.1. The summed E-state index contributed by atoms with van der Waals surface area (Å²) in [5.41, 5.74) is 7.60. The summed E-state index contributed by atoms with van der Waals surface area (Å²) in [4.78, 5) is 19.7. The fraction of sp³-hybridized carbons (Fsp3) is 0.234. The van der Waals surface area contributed by atoms with Gasteiger partial charge in [-0.1, -0.05) is 104 Å². The molecule has 2 amide bonds. The molecule has 56 heavy (non-hydrogen) atoms. The predicted octanol–water partition coefficient (Wildman–Crippen LogP) is 9.32. The third kappa shape index (κ3) is 10.1. The number of carbonyl (C=O) groups is 1. The van der Waals surface area contributed by atoms with E-state index < -0.39 is 6.29 Å². The zero-order chi connectivity index (χ0) is 38.7. The average molecular weight is 749 g/mol. The van der Waals surface area contributed by atoms with Gasteiger partial charge >= 0.3 is 6.03 Å². The summed E-state index contributed by atoms with van der Waals surface area (Å²) in [5, 5.41) is 15.6. The zero-order valence-electron chi connectivity index (χ0n) is 31.8. The number of urea groups is 1. The number of rotatable bonds is 14. The smallest absolute Gasteiger partial charge is 0.319 e. The Balaban J connectivity index is 1.01. The van der Waals surface area contributed by atoms with E-state index >= 15 is 0 Å². The highest BCUT2D eigenvalue weighted by Crippen LogP contribution is 2.42.